The zero-order valence-corrected chi connectivity index (χ0v) is 16.2. The van der Waals surface area contributed by atoms with E-state index in [2.05, 4.69) is 15.4 Å². The molecule has 1 saturated carbocycles. The van der Waals surface area contributed by atoms with Crippen molar-refractivity contribution < 1.29 is 13.2 Å². The normalized spacial score (nSPS) is 15.7. The van der Waals surface area contributed by atoms with Crippen LogP contribution in [0.5, 0.6) is 0 Å². The third kappa shape index (κ3) is 8.07. The summed E-state index contributed by atoms with van der Waals surface area (Å²) in [5.41, 5.74) is 0.631. The van der Waals surface area contributed by atoms with E-state index in [4.69, 9.17) is 0 Å². The lowest BCUT2D eigenvalue weighted by Gasteiger charge is -2.16. The first-order valence-electron chi connectivity index (χ1n) is 8.54. The van der Waals surface area contributed by atoms with Crippen molar-refractivity contribution in [1.82, 2.24) is 10.6 Å². The molecule has 8 heteroatoms. The minimum absolute atomic E-state index is 0. The van der Waals surface area contributed by atoms with Crippen molar-refractivity contribution >= 4 is 34.0 Å². The Morgan fingerprint density at radius 1 is 1.08 bits per heavy atom. The Hall–Kier alpha value is -1.31. The third-order valence-electron chi connectivity index (χ3n) is 4.17. The molecule has 25 heavy (non-hydrogen) atoms. The largest absolute Gasteiger partial charge is 0.351 e. The number of para-hydroxylation sites is 1. The Labute approximate surface area is 156 Å². The molecule has 2 rings (SSSR count). The van der Waals surface area contributed by atoms with Gasteiger partial charge in [-0.05, 0) is 25.0 Å². The Balaban J connectivity index is 0.00000312. The maximum Gasteiger partial charge on any atom is 0.253 e. The summed E-state index contributed by atoms with van der Waals surface area (Å²) in [6.45, 7) is 1.24. The summed E-state index contributed by atoms with van der Waals surface area (Å²) in [7, 11) is -3.42. The fourth-order valence-corrected chi connectivity index (χ4v) is 3.58. The van der Waals surface area contributed by atoms with Crippen molar-refractivity contribution in [3.05, 3.63) is 29.8 Å². The number of amides is 1. The second-order valence-electron chi connectivity index (χ2n) is 6.32. The van der Waals surface area contributed by atoms with E-state index in [9.17, 15) is 13.2 Å². The van der Waals surface area contributed by atoms with Crippen LogP contribution in [0.1, 0.15) is 48.9 Å². The maximum absolute atomic E-state index is 12.3. The van der Waals surface area contributed by atoms with Crippen LogP contribution in [0.15, 0.2) is 24.3 Å². The van der Waals surface area contributed by atoms with Crippen molar-refractivity contribution in [1.29, 1.82) is 0 Å². The van der Waals surface area contributed by atoms with Gasteiger partial charge in [-0.15, -0.1) is 12.4 Å². The minimum atomic E-state index is -3.42. The van der Waals surface area contributed by atoms with Crippen molar-refractivity contribution in [3.63, 3.8) is 0 Å². The lowest BCUT2D eigenvalue weighted by molar-refractivity contribution is 0.0954. The first kappa shape index (κ1) is 21.7. The van der Waals surface area contributed by atoms with Gasteiger partial charge in [-0.1, -0.05) is 37.8 Å². The Morgan fingerprint density at radius 3 is 2.36 bits per heavy atom. The highest BCUT2D eigenvalue weighted by molar-refractivity contribution is 7.92. The van der Waals surface area contributed by atoms with Gasteiger partial charge in [-0.25, -0.2) is 8.42 Å². The van der Waals surface area contributed by atoms with Gasteiger partial charge >= 0.3 is 0 Å². The number of sulfonamides is 1. The van der Waals surface area contributed by atoms with Crippen LogP contribution in [0.25, 0.3) is 0 Å². The summed E-state index contributed by atoms with van der Waals surface area (Å²) >= 11 is 0. The van der Waals surface area contributed by atoms with Gasteiger partial charge in [0.05, 0.1) is 17.5 Å². The number of hydrogen-bond donors (Lipinski definition) is 3. The van der Waals surface area contributed by atoms with Gasteiger partial charge in [0.15, 0.2) is 0 Å². The fraction of sp³-hybridized carbons (Fsp3) is 0.588. The molecule has 0 radical (unpaired) electrons. The fourth-order valence-electron chi connectivity index (χ4n) is 3.00. The quantitative estimate of drug-likeness (QED) is 0.494. The van der Waals surface area contributed by atoms with Crippen LogP contribution < -0.4 is 15.4 Å². The number of carbonyl (C=O) groups is 1. The molecule has 0 aliphatic heterocycles. The van der Waals surface area contributed by atoms with E-state index in [0.29, 0.717) is 23.8 Å². The number of halogens is 1. The molecule has 1 aliphatic rings. The Morgan fingerprint density at radius 2 is 1.72 bits per heavy atom. The standard InChI is InChI=1S/C17H27N3O3S.ClH/c1-24(22,23)20-16-11-7-6-10-15(16)17(21)19-13-12-18-14-8-4-2-3-5-9-14;/h6-7,10-11,14,18,20H,2-5,8-9,12-13H2,1H3,(H,19,21);1H. The molecule has 0 atom stereocenters. The predicted molar refractivity (Wildman–Crippen MR) is 104 cm³/mol. The van der Waals surface area contributed by atoms with Gasteiger partial charge in [0, 0.05) is 19.1 Å². The average Bonchev–Trinajstić information content (AvgIpc) is 2.79. The van der Waals surface area contributed by atoms with Crippen molar-refractivity contribution in [2.45, 2.75) is 44.6 Å². The van der Waals surface area contributed by atoms with E-state index in [1.165, 1.54) is 38.5 Å². The van der Waals surface area contributed by atoms with Crippen LogP contribution in [-0.4, -0.2) is 39.7 Å². The van der Waals surface area contributed by atoms with Crippen molar-refractivity contribution in [2.24, 2.45) is 0 Å². The highest BCUT2D eigenvalue weighted by Gasteiger charge is 2.14. The number of anilines is 1. The predicted octanol–water partition coefficient (Wildman–Crippen LogP) is 2.52. The second kappa shape index (κ2) is 10.6. The molecule has 1 aliphatic carbocycles. The van der Waals surface area contributed by atoms with Crippen molar-refractivity contribution in [3.8, 4) is 0 Å². The first-order valence-corrected chi connectivity index (χ1v) is 10.4. The summed E-state index contributed by atoms with van der Waals surface area (Å²) in [6.07, 6.45) is 8.66. The lowest BCUT2D eigenvalue weighted by Crippen LogP contribution is -2.37. The van der Waals surface area contributed by atoms with Crippen LogP contribution >= 0.6 is 12.4 Å². The second-order valence-corrected chi connectivity index (χ2v) is 8.07. The molecule has 142 valence electrons. The van der Waals surface area contributed by atoms with E-state index in [1.807, 2.05) is 0 Å². The highest BCUT2D eigenvalue weighted by Crippen LogP contribution is 2.17. The topological polar surface area (TPSA) is 87.3 Å². The van der Waals surface area contributed by atoms with Gasteiger partial charge in [0.25, 0.3) is 5.91 Å². The zero-order valence-electron chi connectivity index (χ0n) is 14.6. The van der Waals surface area contributed by atoms with E-state index >= 15 is 0 Å². The van der Waals surface area contributed by atoms with Crippen LogP contribution in [0.2, 0.25) is 0 Å². The molecule has 1 fully saturated rings. The first-order chi connectivity index (χ1) is 11.5. The van der Waals surface area contributed by atoms with Crippen LogP contribution in [0, 0.1) is 0 Å². The summed E-state index contributed by atoms with van der Waals surface area (Å²) in [6, 6.07) is 7.15. The van der Waals surface area contributed by atoms with E-state index in [1.54, 1.807) is 24.3 Å². The van der Waals surface area contributed by atoms with Crippen molar-refractivity contribution in [2.75, 3.05) is 24.1 Å². The number of nitrogens with one attached hydrogen (secondary N) is 3. The SMILES string of the molecule is CS(=O)(=O)Nc1ccccc1C(=O)NCCNC1CCCCCC1.Cl. The van der Waals surface area contributed by atoms with E-state index in [-0.39, 0.29) is 18.3 Å². The average molecular weight is 390 g/mol. The monoisotopic (exact) mass is 389 g/mol. The molecule has 0 unspecified atom stereocenters. The van der Waals surface area contributed by atoms with Crippen LogP contribution in [-0.2, 0) is 10.0 Å². The summed E-state index contributed by atoms with van der Waals surface area (Å²) in [5, 5.41) is 6.34. The highest BCUT2D eigenvalue weighted by atomic mass is 35.5. The van der Waals surface area contributed by atoms with E-state index in [0.717, 1.165) is 12.8 Å². The summed E-state index contributed by atoms with van der Waals surface area (Å²) in [4.78, 5) is 12.3. The summed E-state index contributed by atoms with van der Waals surface area (Å²) < 4.78 is 25.1. The molecule has 0 bridgehead atoms. The Kier molecular flexibility index (Phi) is 9.24. The lowest BCUT2D eigenvalue weighted by atomic mass is 10.1. The van der Waals surface area contributed by atoms with Crippen LogP contribution in [0.4, 0.5) is 5.69 Å². The number of hydrogen-bond acceptors (Lipinski definition) is 4. The molecule has 1 aromatic carbocycles. The number of carbonyl (C=O) groups excluding carboxylic acids is 1. The molecular formula is C17H28ClN3O3S. The molecule has 1 aromatic rings. The molecule has 0 aromatic heterocycles. The summed E-state index contributed by atoms with van der Waals surface area (Å²) in [5.74, 6) is -0.274. The minimum Gasteiger partial charge on any atom is -0.351 e. The smallest absolute Gasteiger partial charge is 0.253 e. The van der Waals surface area contributed by atoms with Crippen LogP contribution in [0.3, 0.4) is 0 Å². The van der Waals surface area contributed by atoms with E-state index < -0.39 is 10.0 Å². The molecule has 0 heterocycles. The maximum atomic E-state index is 12.3. The van der Waals surface area contributed by atoms with Gasteiger partial charge < -0.3 is 10.6 Å². The molecule has 1 amide bonds. The number of rotatable bonds is 7. The van der Waals surface area contributed by atoms with Gasteiger partial charge in [-0.3, -0.25) is 9.52 Å². The third-order valence-corrected chi connectivity index (χ3v) is 4.76. The Bertz CT molecular complexity index is 644. The van der Waals surface area contributed by atoms with Gasteiger partial charge in [0.1, 0.15) is 0 Å². The van der Waals surface area contributed by atoms with Gasteiger partial charge in [-0.2, -0.15) is 0 Å². The molecule has 0 saturated heterocycles. The van der Waals surface area contributed by atoms with Gasteiger partial charge in [0.2, 0.25) is 10.0 Å². The molecule has 3 N–H and O–H groups in total. The molecule has 6 nitrogen and oxygen atoms in total. The zero-order chi connectivity index (χ0) is 17.4. The molecular weight excluding hydrogens is 362 g/mol. The molecule has 0 spiro atoms. The number of benzene rings is 1.